The lowest BCUT2D eigenvalue weighted by Crippen LogP contribution is -2.32. The van der Waals surface area contributed by atoms with E-state index >= 15 is 0 Å². The van der Waals surface area contributed by atoms with Crippen molar-refractivity contribution in [2.75, 3.05) is 0 Å². The van der Waals surface area contributed by atoms with Gasteiger partial charge in [0.1, 0.15) is 5.56 Å². The molecule has 0 saturated heterocycles. The Hall–Kier alpha value is -3.47. The van der Waals surface area contributed by atoms with Gasteiger partial charge in [-0.15, -0.1) is 0 Å². The van der Waals surface area contributed by atoms with Crippen molar-refractivity contribution in [1.29, 1.82) is 0 Å². The van der Waals surface area contributed by atoms with Crippen LogP contribution >= 0.6 is 0 Å². The Morgan fingerprint density at radius 2 is 1.94 bits per heavy atom. The summed E-state index contributed by atoms with van der Waals surface area (Å²) in [5, 5.41) is 9.49. The van der Waals surface area contributed by atoms with Crippen molar-refractivity contribution >= 4 is 17.1 Å². The summed E-state index contributed by atoms with van der Waals surface area (Å²) in [5.74, 6) is -1.18. The molecule has 0 spiro atoms. The lowest BCUT2D eigenvalue weighted by atomic mass is 9.78. The number of pyridine rings is 2. The van der Waals surface area contributed by atoms with Crippen LogP contribution in [0.2, 0.25) is 0 Å². The van der Waals surface area contributed by atoms with Crippen LogP contribution < -0.4 is 5.43 Å². The van der Waals surface area contributed by atoms with Gasteiger partial charge in [-0.1, -0.05) is 39.0 Å². The first-order valence-electron chi connectivity index (χ1n) is 10.5. The number of aromatic carboxylic acids is 1. The molecule has 0 amide bonds. The molecular formula is C26H24N2O3. The maximum atomic E-state index is 12.6. The quantitative estimate of drug-likeness (QED) is 0.638. The van der Waals surface area contributed by atoms with E-state index in [1.165, 1.54) is 22.8 Å². The average molecular weight is 412 g/mol. The topological polar surface area (TPSA) is 72.2 Å². The molecule has 5 rings (SSSR count). The fourth-order valence-corrected chi connectivity index (χ4v) is 4.89. The zero-order valence-corrected chi connectivity index (χ0v) is 17.8. The highest BCUT2D eigenvalue weighted by molar-refractivity contribution is 5.98. The number of carboxylic acids is 1. The molecule has 1 aliphatic carbocycles. The molecule has 0 unspecified atom stereocenters. The lowest BCUT2D eigenvalue weighted by molar-refractivity contribution is 0.0693. The van der Waals surface area contributed by atoms with Gasteiger partial charge < -0.3 is 9.67 Å². The fourth-order valence-electron chi connectivity index (χ4n) is 4.89. The summed E-state index contributed by atoms with van der Waals surface area (Å²) in [6, 6.07) is 13.9. The van der Waals surface area contributed by atoms with E-state index in [4.69, 9.17) is 0 Å². The molecule has 31 heavy (non-hydrogen) atoms. The van der Waals surface area contributed by atoms with Gasteiger partial charge in [0.15, 0.2) is 5.43 Å². The monoisotopic (exact) mass is 412 g/mol. The zero-order chi connectivity index (χ0) is 21.9. The zero-order valence-electron chi connectivity index (χ0n) is 17.8. The highest BCUT2D eigenvalue weighted by Crippen LogP contribution is 2.50. The van der Waals surface area contributed by atoms with Crippen LogP contribution in [0, 0.1) is 5.41 Å². The number of benzene rings is 1. The molecule has 1 aliphatic heterocycles. The first-order chi connectivity index (χ1) is 14.7. The van der Waals surface area contributed by atoms with Gasteiger partial charge in [0, 0.05) is 42.2 Å². The van der Waals surface area contributed by atoms with Crippen LogP contribution in [-0.4, -0.2) is 20.6 Å². The van der Waals surface area contributed by atoms with Gasteiger partial charge >= 0.3 is 5.97 Å². The van der Waals surface area contributed by atoms with E-state index in [1.807, 2.05) is 22.8 Å². The van der Waals surface area contributed by atoms with E-state index in [9.17, 15) is 14.7 Å². The van der Waals surface area contributed by atoms with Crippen LogP contribution in [0.15, 0.2) is 59.7 Å². The van der Waals surface area contributed by atoms with Crippen LogP contribution in [0.1, 0.15) is 60.4 Å². The Balaban J connectivity index is 1.66. The van der Waals surface area contributed by atoms with E-state index < -0.39 is 11.4 Å². The standard InChI is InChI=1S/C26H24N2O3/c1-26(2,3)24-12-18-17-8-7-15(21-6-4-5-9-27-21)10-16(17)11-19(18)22-13-23(29)20(25(30)31)14-28(22)24/h4-10,13-14,24H,11-12H2,1-3H3,(H,30,31)/t24-/m0/s1. The molecule has 156 valence electrons. The number of allylic oxidation sites excluding steroid dienone is 2. The largest absolute Gasteiger partial charge is 0.477 e. The third-order valence-electron chi connectivity index (χ3n) is 6.47. The number of carbonyl (C=O) groups is 1. The summed E-state index contributed by atoms with van der Waals surface area (Å²) in [6.07, 6.45) is 4.88. The number of aromatic nitrogens is 2. The van der Waals surface area contributed by atoms with Gasteiger partial charge in [-0.05, 0) is 52.3 Å². The molecule has 5 nitrogen and oxygen atoms in total. The molecule has 2 aliphatic rings. The van der Waals surface area contributed by atoms with Gasteiger partial charge in [0.05, 0.1) is 5.69 Å². The Morgan fingerprint density at radius 1 is 1.13 bits per heavy atom. The van der Waals surface area contributed by atoms with Crippen LogP contribution in [-0.2, 0) is 6.42 Å². The summed E-state index contributed by atoms with van der Waals surface area (Å²) < 4.78 is 2.02. The summed E-state index contributed by atoms with van der Waals surface area (Å²) in [7, 11) is 0. The fraction of sp³-hybridized carbons (Fsp3) is 0.269. The third kappa shape index (κ3) is 3.12. The van der Waals surface area contributed by atoms with Crippen molar-refractivity contribution in [3.8, 4) is 11.3 Å². The molecule has 0 radical (unpaired) electrons. The minimum Gasteiger partial charge on any atom is -0.477 e. The molecule has 3 aromatic rings. The minimum absolute atomic E-state index is 0.0568. The summed E-state index contributed by atoms with van der Waals surface area (Å²) in [4.78, 5) is 28.6. The third-order valence-corrected chi connectivity index (χ3v) is 6.47. The predicted molar refractivity (Wildman–Crippen MR) is 121 cm³/mol. The van der Waals surface area contributed by atoms with Crippen molar-refractivity contribution in [1.82, 2.24) is 9.55 Å². The molecule has 5 heteroatoms. The second-order valence-electron chi connectivity index (χ2n) is 9.46. The van der Waals surface area contributed by atoms with E-state index in [-0.39, 0.29) is 17.0 Å². The number of carboxylic acid groups (broad SMARTS) is 1. The van der Waals surface area contributed by atoms with Crippen molar-refractivity contribution in [2.45, 2.75) is 39.7 Å². The number of nitrogens with zero attached hydrogens (tertiary/aromatic N) is 2. The number of rotatable bonds is 2. The van der Waals surface area contributed by atoms with E-state index in [0.29, 0.717) is 0 Å². The van der Waals surface area contributed by atoms with Crippen molar-refractivity contribution in [2.24, 2.45) is 5.41 Å². The lowest BCUT2D eigenvalue weighted by Gasteiger charge is -2.39. The van der Waals surface area contributed by atoms with Crippen molar-refractivity contribution in [3.63, 3.8) is 0 Å². The number of hydrogen-bond donors (Lipinski definition) is 1. The average Bonchev–Trinajstić information content (AvgIpc) is 3.10. The molecule has 0 saturated carbocycles. The molecule has 1 N–H and O–H groups in total. The summed E-state index contributed by atoms with van der Waals surface area (Å²) in [6.45, 7) is 6.47. The Kier molecular flexibility index (Phi) is 4.26. The van der Waals surface area contributed by atoms with E-state index in [0.717, 1.165) is 35.4 Å². The maximum absolute atomic E-state index is 12.6. The van der Waals surface area contributed by atoms with E-state index in [1.54, 1.807) is 12.4 Å². The SMILES string of the molecule is CC(C)(C)[C@@H]1CC2=C(Cc3cc(-c4ccccn4)ccc32)c2cc(=O)c(C(=O)O)cn21. The molecule has 0 fully saturated rings. The van der Waals surface area contributed by atoms with E-state index in [2.05, 4.69) is 44.0 Å². The second kappa shape index (κ2) is 6.77. The van der Waals surface area contributed by atoms with Gasteiger partial charge in [-0.25, -0.2) is 4.79 Å². The van der Waals surface area contributed by atoms with Crippen LogP contribution in [0.4, 0.5) is 0 Å². The summed E-state index contributed by atoms with van der Waals surface area (Å²) >= 11 is 0. The molecule has 1 aromatic carbocycles. The maximum Gasteiger partial charge on any atom is 0.341 e. The van der Waals surface area contributed by atoms with Crippen LogP contribution in [0.25, 0.3) is 22.4 Å². The van der Waals surface area contributed by atoms with Crippen LogP contribution in [0.3, 0.4) is 0 Å². The normalized spacial score (nSPS) is 17.2. The Bertz CT molecular complexity index is 1310. The Morgan fingerprint density at radius 3 is 2.61 bits per heavy atom. The first kappa shape index (κ1) is 19.5. The predicted octanol–water partition coefficient (Wildman–Crippen LogP) is 5.07. The minimum atomic E-state index is -1.18. The van der Waals surface area contributed by atoms with Gasteiger partial charge in [-0.3, -0.25) is 9.78 Å². The number of hydrogen-bond acceptors (Lipinski definition) is 3. The van der Waals surface area contributed by atoms with Crippen molar-refractivity contribution < 1.29 is 9.90 Å². The van der Waals surface area contributed by atoms with Crippen molar-refractivity contribution in [3.05, 3.63) is 87.5 Å². The van der Waals surface area contributed by atoms with Crippen LogP contribution in [0.5, 0.6) is 0 Å². The molecule has 3 heterocycles. The first-order valence-corrected chi connectivity index (χ1v) is 10.5. The molecule has 2 aromatic heterocycles. The van der Waals surface area contributed by atoms with Gasteiger partial charge in [0.25, 0.3) is 0 Å². The molecule has 0 bridgehead atoms. The smallest absolute Gasteiger partial charge is 0.341 e. The van der Waals surface area contributed by atoms with Gasteiger partial charge in [0.2, 0.25) is 0 Å². The highest BCUT2D eigenvalue weighted by Gasteiger charge is 2.37. The second-order valence-corrected chi connectivity index (χ2v) is 9.46. The van der Waals surface area contributed by atoms with Gasteiger partial charge in [-0.2, -0.15) is 0 Å². The molecular weight excluding hydrogens is 388 g/mol. The highest BCUT2D eigenvalue weighted by atomic mass is 16.4. The summed E-state index contributed by atoms with van der Waals surface area (Å²) in [5.41, 5.74) is 6.98. The molecule has 1 atom stereocenters. The number of fused-ring (bicyclic) bond motifs is 4. The Labute approximate surface area is 180 Å².